The van der Waals surface area contributed by atoms with E-state index in [1.807, 2.05) is 13.8 Å². The molecular weight excluding hydrogens is 194 g/mol. The normalized spacial score (nSPS) is 23.9. The molecule has 1 aliphatic heterocycles. The highest BCUT2D eigenvalue weighted by atomic mass is 16.7. The molecule has 1 rings (SSSR count). The quantitative estimate of drug-likeness (QED) is 0.400. The van der Waals surface area contributed by atoms with Crippen LogP contribution in [-0.4, -0.2) is 23.9 Å². The Balaban J connectivity index is 2.53. The Kier molecular flexibility index (Phi) is 3.73. The first-order valence-electron chi connectivity index (χ1n) is 4.97. The second kappa shape index (κ2) is 4.83. The molecule has 1 atom stereocenters. The number of rotatable bonds is 4. The summed E-state index contributed by atoms with van der Waals surface area (Å²) in [5.41, 5.74) is -0.107. The number of terminal acetylenes is 1. The summed E-state index contributed by atoms with van der Waals surface area (Å²) in [4.78, 5) is 16.9. The molecule has 0 N–H and O–H groups in total. The molecule has 0 radical (unpaired) electrons. The average Bonchev–Trinajstić information content (AvgIpc) is 2.62. The molecule has 0 amide bonds. The summed E-state index contributed by atoms with van der Waals surface area (Å²) in [6.45, 7) is 3.93. The molecular formula is C11H15NO3. The van der Waals surface area contributed by atoms with Crippen LogP contribution in [0.2, 0.25) is 0 Å². The predicted octanol–water partition coefficient (Wildman–Crippen LogP) is 1.50. The third-order valence-electron chi connectivity index (χ3n) is 2.34. The number of carbonyl (C=O) groups is 1. The average molecular weight is 209 g/mol. The molecule has 4 heteroatoms. The summed E-state index contributed by atoms with van der Waals surface area (Å²) < 4.78 is 5.03. The van der Waals surface area contributed by atoms with Crippen molar-refractivity contribution in [1.82, 2.24) is 0 Å². The van der Waals surface area contributed by atoms with E-state index < -0.39 is 5.60 Å². The number of carbonyl (C=O) groups excluding carboxylic acids is 1. The lowest BCUT2D eigenvalue weighted by molar-refractivity contribution is -0.169. The van der Waals surface area contributed by atoms with Gasteiger partial charge in [-0.15, -0.1) is 12.3 Å². The van der Waals surface area contributed by atoms with E-state index in [0.717, 1.165) is 5.71 Å². The van der Waals surface area contributed by atoms with E-state index in [9.17, 15) is 4.79 Å². The Morgan fingerprint density at radius 1 is 1.80 bits per heavy atom. The van der Waals surface area contributed by atoms with Gasteiger partial charge in [-0.05, 0) is 13.3 Å². The number of nitrogens with zero attached hydrogens (tertiary/aromatic N) is 1. The Morgan fingerprint density at radius 3 is 3.00 bits per heavy atom. The van der Waals surface area contributed by atoms with Crippen LogP contribution in [0.3, 0.4) is 0 Å². The molecule has 1 unspecified atom stereocenters. The molecule has 82 valence electrons. The number of oxime groups is 1. The van der Waals surface area contributed by atoms with Gasteiger partial charge in [0.25, 0.3) is 0 Å². The lowest BCUT2D eigenvalue weighted by Crippen LogP contribution is -2.39. The van der Waals surface area contributed by atoms with Crippen LogP contribution in [-0.2, 0) is 14.4 Å². The first-order valence-corrected chi connectivity index (χ1v) is 4.97. The summed E-state index contributed by atoms with van der Waals surface area (Å²) in [5, 5.41) is 3.79. The van der Waals surface area contributed by atoms with Gasteiger partial charge in [-0.3, -0.25) is 0 Å². The maximum Gasteiger partial charge on any atom is 0.353 e. The van der Waals surface area contributed by atoms with Crippen molar-refractivity contribution >= 4 is 11.7 Å². The van der Waals surface area contributed by atoms with Crippen LogP contribution in [0.25, 0.3) is 0 Å². The summed E-state index contributed by atoms with van der Waals surface area (Å²) in [5.74, 6) is 2.03. The first kappa shape index (κ1) is 11.6. The van der Waals surface area contributed by atoms with Crippen molar-refractivity contribution in [2.45, 2.75) is 38.7 Å². The zero-order valence-electron chi connectivity index (χ0n) is 9.08. The molecule has 0 fully saturated rings. The van der Waals surface area contributed by atoms with Crippen LogP contribution in [0, 0.1) is 12.3 Å². The molecule has 0 aliphatic carbocycles. The molecule has 4 nitrogen and oxygen atoms in total. The SMILES string of the molecule is C#CCCOC(=O)C1(CC)CC(C)=NO1. The van der Waals surface area contributed by atoms with Gasteiger partial charge >= 0.3 is 5.97 Å². The van der Waals surface area contributed by atoms with Crippen LogP contribution in [0.5, 0.6) is 0 Å². The van der Waals surface area contributed by atoms with E-state index in [0.29, 0.717) is 19.3 Å². The summed E-state index contributed by atoms with van der Waals surface area (Å²) >= 11 is 0. The molecule has 1 aliphatic rings. The van der Waals surface area contributed by atoms with Crippen LogP contribution in [0.1, 0.15) is 33.1 Å². The van der Waals surface area contributed by atoms with Crippen molar-refractivity contribution in [3.8, 4) is 12.3 Å². The molecule has 0 spiro atoms. The molecule has 1 heterocycles. The van der Waals surface area contributed by atoms with Crippen LogP contribution >= 0.6 is 0 Å². The molecule has 0 aromatic carbocycles. The Hall–Kier alpha value is -1.50. The van der Waals surface area contributed by atoms with E-state index in [-0.39, 0.29) is 12.6 Å². The van der Waals surface area contributed by atoms with E-state index in [1.165, 1.54) is 0 Å². The van der Waals surface area contributed by atoms with E-state index in [2.05, 4.69) is 11.1 Å². The summed E-state index contributed by atoms with van der Waals surface area (Å²) in [6, 6.07) is 0. The van der Waals surface area contributed by atoms with Crippen LogP contribution in [0.15, 0.2) is 5.16 Å². The topological polar surface area (TPSA) is 47.9 Å². The smallest absolute Gasteiger partial charge is 0.353 e. The van der Waals surface area contributed by atoms with Crippen molar-refractivity contribution in [3.05, 3.63) is 0 Å². The van der Waals surface area contributed by atoms with Crippen LogP contribution in [0.4, 0.5) is 0 Å². The largest absolute Gasteiger partial charge is 0.462 e. The van der Waals surface area contributed by atoms with Gasteiger partial charge in [0, 0.05) is 12.8 Å². The summed E-state index contributed by atoms with van der Waals surface area (Å²) in [7, 11) is 0. The van der Waals surface area contributed by atoms with Crippen molar-refractivity contribution in [2.24, 2.45) is 5.16 Å². The van der Waals surface area contributed by atoms with Gasteiger partial charge in [0.05, 0.1) is 5.71 Å². The molecule has 0 saturated carbocycles. The number of esters is 1. The number of hydrogen-bond donors (Lipinski definition) is 0. The van der Waals surface area contributed by atoms with Gasteiger partial charge in [-0.25, -0.2) is 4.79 Å². The van der Waals surface area contributed by atoms with Crippen molar-refractivity contribution < 1.29 is 14.4 Å². The highest BCUT2D eigenvalue weighted by Crippen LogP contribution is 2.28. The van der Waals surface area contributed by atoms with Gasteiger partial charge in [-0.1, -0.05) is 12.1 Å². The third-order valence-corrected chi connectivity index (χ3v) is 2.34. The standard InChI is InChI=1S/C11H15NO3/c1-4-6-7-14-10(13)11(5-2)8-9(3)12-15-11/h1H,5-8H2,2-3H3. The fourth-order valence-electron chi connectivity index (χ4n) is 1.42. The number of hydrogen-bond acceptors (Lipinski definition) is 4. The van der Waals surface area contributed by atoms with Crippen LogP contribution < -0.4 is 0 Å². The van der Waals surface area contributed by atoms with Crippen molar-refractivity contribution in [1.29, 1.82) is 0 Å². The van der Waals surface area contributed by atoms with E-state index in [1.54, 1.807) is 0 Å². The fraction of sp³-hybridized carbons (Fsp3) is 0.636. The molecule has 0 aromatic rings. The maximum atomic E-state index is 11.7. The minimum Gasteiger partial charge on any atom is -0.462 e. The molecule has 0 saturated heterocycles. The highest BCUT2D eigenvalue weighted by Gasteiger charge is 2.45. The highest BCUT2D eigenvalue weighted by molar-refractivity contribution is 5.92. The van der Waals surface area contributed by atoms with Gasteiger partial charge in [0.15, 0.2) is 0 Å². The number of ether oxygens (including phenoxy) is 1. The third kappa shape index (κ3) is 2.50. The van der Waals surface area contributed by atoms with Gasteiger partial charge in [0.1, 0.15) is 6.61 Å². The fourth-order valence-corrected chi connectivity index (χ4v) is 1.42. The predicted molar refractivity (Wildman–Crippen MR) is 56.2 cm³/mol. The Labute approximate surface area is 89.6 Å². The van der Waals surface area contributed by atoms with Gasteiger partial charge < -0.3 is 9.57 Å². The molecule has 0 bridgehead atoms. The van der Waals surface area contributed by atoms with E-state index in [4.69, 9.17) is 16.0 Å². The second-order valence-electron chi connectivity index (χ2n) is 3.53. The lowest BCUT2D eigenvalue weighted by Gasteiger charge is -2.22. The minimum atomic E-state index is -0.918. The van der Waals surface area contributed by atoms with Gasteiger partial charge in [-0.2, -0.15) is 0 Å². The summed E-state index contributed by atoms with van der Waals surface area (Å²) in [6.07, 6.45) is 6.53. The minimum absolute atomic E-state index is 0.236. The van der Waals surface area contributed by atoms with E-state index >= 15 is 0 Å². The lowest BCUT2D eigenvalue weighted by atomic mass is 9.95. The molecule has 15 heavy (non-hydrogen) atoms. The zero-order chi connectivity index (χ0) is 11.3. The second-order valence-corrected chi connectivity index (χ2v) is 3.53. The zero-order valence-corrected chi connectivity index (χ0v) is 9.08. The van der Waals surface area contributed by atoms with Crippen molar-refractivity contribution in [2.75, 3.05) is 6.61 Å². The van der Waals surface area contributed by atoms with Crippen molar-refractivity contribution in [3.63, 3.8) is 0 Å². The molecule has 0 aromatic heterocycles. The Bertz CT molecular complexity index is 316. The maximum absolute atomic E-state index is 11.7. The Morgan fingerprint density at radius 2 is 2.53 bits per heavy atom. The first-order chi connectivity index (χ1) is 7.14. The monoisotopic (exact) mass is 209 g/mol. The van der Waals surface area contributed by atoms with Gasteiger partial charge in [0.2, 0.25) is 5.60 Å².